The van der Waals surface area contributed by atoms with Crippen molar-refractivity contribution in [2.24, 2.45) is 0 Å². The zero-order valence-electron chi connectivity index (χ0n) is 13.7. The molecule has 0 unspecified atom stereocenters. The lowest BCUT2D eigenvalue weighted by Crippen LogP contribution is -2.35. The third kappa shape index (κ3) is 4.86. The third-order valence-corrected chi connectivity index (χ3v) is 4.33. The van der Waals surface area contributed by atoms with Gasteiger partial charge in [-0.1, -0.05) is 46.8 Å². The summed E-state index contributed by atoms with van der Waals surface area (Å²) >= 11 is 1.68. The summed E-state index contributed by atoms with van der Waals surface area (Å²) in [6.45, 7) is 14.7. The van der Waals surface area contributed by atoms with E-state index >= 15 is 0 Å². The van der Waals surface area contributed by atoms with Crippen LogP contribution in [0.25, 0.3) is 0 Å². The lowest BCUT2D eigenvalue weighted by atomic mass is 9.87. The van der Waals surface area contributed by atoms with Gasteiger partial charge >= 0.3 is 0 Å². The van der Waals surface area contributed by atoms with E-state index in [0.717, 1.165) is 5.69 Å². The summed E-state index contributed by atoms with van der Waals surface area (Å²) in [6, 6.07) is 8.12. The summed E-state index contributed by atoms with van der Waals surface area (Å²) in [5.41, 5.74) is 2.27. The predicted octanol–water partition coefficient (Wildman–Crippen LogP) is 4.84. The van der Waals surface area contributed by atoms with Crippen LogP contribution in [0.4, 0.5) is 5.69 Å². The summed E-state index contributed by atoms with van der Waals surface area (Å²) in [7, 11) is 0. The second-order valence-corrected chi connectivity index (χ2v) is 9.16. The molecule has 1 amide bonds. The number of amides is 1. The van der Waals surface area contributed by atoms with Gasteiger partial charge in [0.25, 0.3) is 0 Å². The number of hydrogen-bond donors (Lipinski definition) is 1. The summed E-state index contributed by atoms with van der Waals surface area (Å²) in [5.74, 6) is 0.0553. The van der Waals surface area contributed by atoms with E-state index in [-0.39, 0.29) is 11.3 Å². The number of thioether (sulfide) groups is 1. The molecule has 0 saturated carbocycles. The van der Waals surface area contributed by atoms with E-state index in [4.69, 9.17) is 0 Å². The largest absolute Gasteiger partial charge is 0.325 e. The van der Waals surface area contributed by atoms with Gasteiger partial charge in [-0.3, -0.25) is 4.79 Å². The Morgan fingerprint density at radius 1 is 1.05 bits per heavy atom. The fourth-order valence-electron chi connectivity index (χ4n) is 1.98. The van der Waals surface area contributed by atoms with Crippen molar-refractivity contribution in [1.29, 1.82) is 0 Å². The van der Waals surface area contributed by atoms with Gasteiger partial charge in [0.1, 0.15) is 0 Å². The van der Waals surface area contributed by atoms with Crippen LogP contribution in [0.15, 0.2) is 24.3 Å². The summed E-state index contributed by atoms with van der Waals surface area (Å²) < 4.78 is -0.420. The second-order valence-electron chi connectivity index (χ2n) is 6.96. The SMILES string of the molecule is CC(C)SC(C)(C)C(=O)Nc1ccc(C(C)(C)C)cc1. The molecule has 0 saturated heterocycles. The van der Waals surface area contributed by atoms with Crippen molar-refractivity contribution in [2.45, 2.75) is 63.9 Å². The van der Waals surface area contributed by atoms with Crippen molar-refractivity contribution in [3.05, 3.63) is 29.8 Å². The Bertz CT molecular complexity index is 455. The van der Waals surface area contributed by atoms with Crippen molar-refractivity contribution < 1.29 is 4.79 Å². The number of carbonyl (C=O) groups is 1. The molecule has 1 rings (SSSR count). The van der Waals surface area contributed by atoms with E-state index in [1.165, 1.54) is 5.56 Å². The molecule has 0 fully saturated rings. The minimum Gasteiger partial charge on any atom is -0.325 e. The van der Waals surface area contributed by atoms with Gasteiger partial charge in [0.05, 0.1) is 4.75 Å². The number of benzene rings is 1. The van der Waals surface area contributed by atoms with Crippen LogP contribution in [0.2, 0.25) is 0 Å². The Morgan fingerprint density at radius 2 is 1.55 bits per heavy atom. The Balaban J connectivity index is 2.76. The molecule has 0 heterocycles. The molecule has 112 valence electrons. The summed E-state index contributed by atoms with van der Waals surface area (Å²) in [5, 5.41) is 3.44. The van der Waals surface area contributed by atoms with Crippen molar-refractivity contribution in [3.8, 4) is 0 Å². The van der Waals surface area contributed by atoms with Gasteiger partial charge < -0.3 is 5.32 Å². The van der Waals surface area contributed by atoms with Gasteiger partial charge in [0.2, 0.25) is 5.91 Å². The first kappa shape index (κ1) is 17.1. The number of nitrogens with one attached hydrogen (secondary N) is 1. The molecule has 0 bridgehead atoms. The Morgan fingerprint density at radius 3 is 1.95 bits per heavy atom. The van der Waals surface area contributed by atoms with Crippen LogP contribution in [-0.4, -0.2) is 15.9 Å². The molecular weight excluding hydrogens is 266 g/mol. The summed E-state index contributed by atoms with van der Waals surface area (Å²) in [4.78, 5) is 12.3. The van der Waals surface area contributed by atoms with Crippen molar-refractivity contribution in [2.75, 3.05) is 5.32 Å². The highest BCUT2D eigenvalue weighted by atomic mass is 32.2. The molecule has 2 nitrogen and oxygen atoms in total. The van der Waals surface area contributed by atoms with Gasteiger partial charge in [-0.05, 0) is 37.0 Å². The van der Waals surface area contributed by atoms with Gasteiger partial charge in [0, 0.05) is 10.9 Å². The zero-order chi connectivity index (χ0) is 15.6. The zero-order valence-corrected chi connectivity index (χ0v) is 14.5. The molecule has 1 N–H and O–H groups in total. The standard InChI is InChI=1S/C17H27NOS/c1-12(2)20-17(6,7)15(19)18-14-10-8-13(9-11-14)16(3,4)5/h8-12H,1-7H3,(H,18,19). The third-order valence-electron chi connectivity index (χ3n) is 3.09. The van der Waals surface area contributed by atoms with E-state index in [1.54, 1.807) is 11.8 Å². The quantitative estimate of drug-likeness (QED) is 0.860. The first-order valence-corrected chi connectivity index (χ1v) is 8.00. The maximum absolute atomic E-state index is 12.3. The van der Waals surface area contributed by atoms with Gasteiger partial charge in [-0.25, -0.2) is 0 Å². The van der Waals surface area contributed by atoms with Crippen LogP contribution in [0.5, 0.6) is 0 Å². The van der Waals surface area contributed by atoms with Crippen LogP contribution in [-0.2, 0) is 10.2 Å². The monoisotopic (exact) mass is 293 g/mol. The molecule has 0 aliphatic heterocycles. The topological polar surface area (TPSA) is 29.1 Å². The first-order valence-electron chi connectivity index (χ1n) is 7.12. The number of hydrogen-bond acceptors (Lipinski definition) is 2. The lowest BCUT2D eigenvalue weighted by Gasteiger charge is -2.25. The average molecular weight is 293 g/mol. The highest BCUT2D eigenvalue weighted by Crippen LogP contribution is 2.30. The van der Waals surface area contributed by atoms with Crippen LogP contribution in [0.1, 0.15) is 54.0 Å². The molecule has 0 aliphatic carbocycles. The fourth-order valence-corrected chi connectivity index (χ4v) is 3.31. The van der Waals surface area contributed by atoms with Crippen molar-refractivity contribution in [1.82, 2.24) is 0 Å². The van der Waals surface area contributed by atoms with Crippen molar-refractivity contribution in [3.63, 3.8) is 0 Å². The Hall–Kier alpha value is -0.960. The maximum atomic E-state index is 12.3. The maximum Gasteiger partial charge on any atom is 0.240 e. The summed E-state index contributed by atoms with van der Waals surface area (Å²) in [6.07, 6.45) is 0. The van der Waals surface area contributed by atoms with Crippen LogP contribution >= 0.6 is 11.8 Å². The average Bonchev–Trinajstić information content (AvgIpc) is 2.26. The van der Waals surface area contributed by atoms with Crippen LogP contribution in [0.3, 0.4) is 0 Å². The van der Waals surface area contributed by atoms with E-state index in [2.05, 4.69) is 52.1 Å². The van der Waals surface area contributed by atoms with E-state index in [1.807, 2.05) is 26.0 Å². The molecular formula is C17H27NOS. The molecule has 0 spiro atoms. The molecule has 3 heteroatoms. The number of carbonyl (C=O) groups excluding carboxylic acids is 1. The van der Waals surface area contributed by atoms with Crippen LogP contribution < -0.4 is 5.32 Å². The molecule has 1 aromatic carbocycles. The molecule has 20 heavy (non-hydrogen) atoms. The normalized spacial score (nSPS) is 12.6. The van der Waals surface area contributed by atoms with Crippen LogP contribution in [0, 0.1) is 0 Å². The molecule has 0 aromatic heterocycles. The molecule has 0 aliphatic rings. The van der Waals surface area contributed by atoms with E-state index < -0.39 is 4.75 Å². The lowest BCUT2D eigenvalue weighted by molar-refractivity contribution is -0.117. The van der Waals surface area contributed by atoms with Gasteiger partial charge in [-0.2, -0.15) is 0 Å². The van der Waals surface area contributed by atoms with Gasteiger partial charge in [-0.15, -0.1) is 11.8 Å². The van der Waals surface area contributed by atoms with E-state index in [0.29, 0.717) is 5.25 Å². The van der Waals surface area contributed by atoms with Crippen molar-refractivity contribution >= 4 is 23.4 Å². The van der Waals surface area contributed by atoms with Gasteiger partial charge in [0.15, 0.2) is 0 Å². The molecule has 1 aromatic rings. The minimum absolute atomic E-state index is 0.0553. The van der Waals surface area contributed by atoms with E-state index in [9.17, 15) is 4.79 Å². The Labute approximate surface area is 127 Å². The second kappa shape index (κ2) is 6.21. The number of rotatable bonds is 4. The minimum atomic E-state index is -0.420. The highest BCUT2D eigenvalue weighted by molar-refractivity contribution is 8.01. The first-order chi connectivity index (χ1) is 9.02. The Kier molecular flexibility index (Phi) is 5.31. The predicted molar refractivity (Wildman–Crippen MR) is 90.6 cm³/mol. The molecule has 0 atom stereocenters. The fraction of sp³-hybridized carbons (Fsp3) is 0.588. The smallest absolute Gasteiger partial charge is 0.240 e. The molecule has 0 radical (unpaired) electrons. The highest BCUT2D eigenvalue weighted by Gasteiger charge is 2.29. The number of anilines is 1.